The summed E-state index contributed by atoms with van der Waals surface area (Å²) >= 11 is 0. The molecule has 1 N–H and O–H groups in total. The van der Waals surface area contributed by atoms with E-state index in [-0.39, 0.29) is 31.3 Å². The molecule has 0 aromatic heterocycles. The third kappa shape index (κ3) is 4.51. The highest BCUT2D eigenvalue weighted by Crippen LogP contribution is 2.33. The predicted octanol–water partition coefficient (Wildman–Crippen LogP) is 3.89. The lowest BCUT2D eigenvalue weighted by molar-refractivity contribution is -0.139. The van der Waals surface area contributed by atoms with Crippen molar-refractivity contribution in [3.05, 3.63) is 70.8 Å². The molecule has 0 saturated heterocycles. The fraction of sp³-hybridized carbons (Fsp3) is 0.333. The largest absolute Gasteiger partial charge is 0.481 e. The first kappa shape index (κ1) is 19.0. The van der Waals surface area contributed by atoms with Crippen molar-refractivity contribution in [3.63, 3.8) is 0 Å². The van der Waals surface area contributed by atoms with E-state index in [1.807, 2.05) is 24.3 Å². The molecule has 3 rings (SSSR count). The molecule has 0 bridgehead atoms. The highest BCUT2D eigenvalue weighted by atomic mass is 19.2. The minimum atomic E-state index is -1.01. The lowest BCUT2D eigenvalue weighted by Gasteiger charge is -2.31. The fourth-order valence-corrected chi connectivity index (χ4v) is 3.59. The number of aliphatic carboxylic acids is 1. The lowest BCUT2D eigenvalue weighted by atomic mass is 9.82. The highest BCUT2D eigenvalue weighted by molar-refractivity contribution is 5.85. The van der Waals surface area contributed by atoms with E-state index >= 15 is 0 Å². The first-order valence-electron chi connectivity index (χ1n) is 8.98. The van der Waals surface area contributed by atoms with E-state index in [4.69, 9.17) is 5.11 Å². The number of fused-ring (bicyclic) bond motifs is 1. The third-order valence-corrected chi connectivity index (χ3v) is 4.93. The Morgan fingerprint density at radius 1 is 1.11 bits per heavy atom. The molecule has 6 heteroatoms. The van der Waals surface area contributed by atoms with Crippen molar-refractivity contribution in [3.8, 4) is 0 Å². The van der Waals surface area contributed by atoms with Crippen molar-refractivity contribution in [2.45, 2.75) is 38.1 Å². The van der Waals surface area contributed by atoms with E-state index in [0.29, 0.717) is 12.0 Å². The Morgan fingerprint density at radius 2 is 1.89 bits per heavy atom. The van der Waals surface area contributed by atoms with E-state index in [0.717, 1.165) is 36.1 Å². The Morgan fingerprint density at radius 3 is 2.63 bits per heavy atom. The molecule has 0 fully saturated rings. The highest BCUT2D eigenvalue weighted by Gasteiger charge is 2.30. The molecule has 2 aromatic rings. The van der Waals surface area contributed by atoms with Crippen LogP contribution in [0.4, 0.5) is 8.78 Å². The van der Waals surface area contributed by atoms with Crippen LogP contribution in [0.1, 0.15) is 41.9 Å². The number of carbonyl (C=O) groups excluding carboxylic acids is 1. The fourth-order valence-electron chi connectivity index (χ4n) is 3.59. The molecule has 142 valence electrons. The van der Waals surface area contributed by atoms with Gasteiger partial charge in [0.05, 0.1) is 12.3 Å². The summed E-state index contributed by atoms with van der Waals surface area (Å²) in [5.41, 5.74) is 2.53. The second kappa shape index (κ2) is 8.29. The molecular formula is C21H21F2NO3. The van der Waals surface area contributed by atoms with Crippen LogP contribution in [0, 0.1) is 11.6 Å². The molecule has 0 spiro atoms. The molecule has 0 heterocycles. The molecule has 0 saturated carbocycles. The number of hydrogen-bond acceptors (Lipinski definition) is 2. The van der Waals surface area contributed by atoms with Gasteiger partial charge in [-0.1, -0.05) is 30.3 Å². The number of nitrogens with zero attached hydrogens (tertiary/aromatic N) is 1. The summed E-state index contributed by atoms with van der Waals surface area (Å²) < 4.78 is 26.7. The van der Waals surface area contributed by atoms with Crippen molar-refractivity contribution in [2.75, 3.05) is 6.54 Å². The topological polar surface area (TPSA) is 57.6 Å². The number of benzene rings is 2. The van der Waals surface area contributed by atoms with Gasteiger partial charge in [0, 0.05) is 13.1 Å². The minimum Gasteiger partial charge on any atom is -0.481 e. The number of carboxylic acids is 1. The number of aryl methyl sites for hydroxylation is 1. The van der Waals surface area contributed by atoms with Gasteiger partial charge in [0.25, 0.3) is 0 Å². The Balaban J connectivity index is 1.85. The Hall–Kier alpha value is -2.76. The molecule has 0 radical (unpaired) electrons. The van der Waals surface area contributed by atoms with Gasteiger partial charge in [-0.2, -0.15) is 0 Å². The molecule has 1 aliphatic rings. The molecule has 27 heavy (non-hydrogen) atoms. The van der Waals surface area contributed by atoms with Crippen LogP contribution in [0.15, 0.2) is 42.5 Å². The SMILES string of the molecule is O=C(O)CCN(Cc1ccc(F)c(F)c1)C(=O)C1CCCc2ccccc21. The molecule has 1 atom stereocenters. The summed E-state index contributed by atoms with van der Waals surface area (Å²) in [7, 11) is 0. The Bertz CT molecular complexity index is 853. The van der Waals surface area contributed by atoms with E-state index in [2.05, 4.69) is 0 Å². The smallest absolute Gasteiger partial charge is 0.305 e. The van der Waals surface area contributed by atoms with E-state index in [1.54, 1.807) is 0 Å². The standard InChI is InChI=1S/C21H21F2NO3/c22-18-9-8-14(12-19(18)23)13-24(11-10-20(25)26)21(27)17-7-3-5-15-4-1-2-6-16(15)17/h1-2,4,6,8-9,12,17H,3,5,7,10-11,13H2,(H,25,26). The normalized spacial score (nSPS) is 15.9. The summed E-state index contributed by atoms with van der Waals surface area (Å²) in [5.74, 6) is -3.46. The van der Waals surface area contributed by atoms with Crippen LogP contribution in [0.3, 0.4) is 0 Å². The number of hydrogen-bond donors (Lipinski definition) is 1. The maximum absolute atomic E-state index is 13.5. The zero-order valence-electron chi connectivity index (χ0n) is 14.8. The van der Waals surface area contributed by atoms with Gasteiger partial charge in [-0.05, 0) is 48.1 Å². The van der Waals surface area contributed by atoms with Crippen molar-refractivity contribution < 1.29 is 23.5 Å². The number of amides is 1. The van der Waals surface area contributed by atoms with Crippen molar-refractivity contribution in [1.82, 2.24) is 4.90 Å². The summed E-state index contributed by atoms with van der Waals surface area (Å²) in [6.45, 7) is 0.0633. The Labute approximate surface area is 156 Å². The van der Waals surface area contributed by atoms with Crippen molar-refractivity contribution >= 4 is 11.9 Å². The molecule has 1 amide bonds. The van der Waals surface area contributed by atoms with Gasteiger partial charge in [-0.15, -0.1) is 0 Å². The van der Waals surface area contributed by atoms with E-state index in [1.165, 1.54) is 11.0 Å². The van der Waals surface area contributed by atoms with Gasteiger partial charge >= 0.3 is 5.97 Å². The van der Waals surface area contributed by atoms with Crippen LogP contribution in [-0.4, -0.2) is 28.4 Å². The summed E-state index contributed by atoms with van der Waals surface area (Å²) in [5, 5.41) is 9.01. The minimum absolute atomic E-state index is 0.0197. The lowest BCUT2D eigenvalue weighted by Crippen LogP contribution is -2.37. The monoisotopic (exact) mass is 373 g/mol. The third-order valence-electron chi connectivity index (χ3n) is 4.93. The van der Waals surface area contributed by atoms with E-state index < -0.39 is 17.6 Å². The number of carbonyl (C=O) groups is 2. The van der Waals surface area contributed by atoms with Gasteiger partial charge < -0.3 is 10.0 Å². The average molecular weight is 373 g/mol. The summed E-state index contributed by atoms with van der Waals surface area (Å²) in [6, 6.07) is 11.2. The molecular weight excluding hydrogens is 352 g/mol. The van der Waals surface area contributed by atoms with Crippen molar-refractivity contribution in [1.29, 1.82) is 0 Å². The van der Waals surface area contributed by atoms with Gasteiger partial charge in [0.1, 0.15) is 0 Å². The van der Waals surface area contributed by atoms with Gasteiger partial charge in [0.15, 0.2) is 11.6 Å². The van der Waals surface area contributed by atoms with E-state index in [9.17, 15) is 18.4 Å². The molecule has 0 aliphatic heterocycles. The number of rotatable bonds is 6. The second-order valence-corrected chi connectivity index (χ2v) is 6.80. The van der Waals surface area contributed by atoms with Crippen LogP contribution in [-0.2, 0) is 22.6 Å². The van der Waals surface area contributed by atoms with Crippen LogP contribution in [0.5, 0.6) is 0 Å². The first-order valence-corrected chi connectivity index (χ1v) is 8.98. The maximum atomic E-state index is 13.5. The molecule has 1 unspecified atom stereocenters. The molecule has 2 aromatic carbocycles. The number of halogens is 2. The van der Waals surface area contributed by atoms with Gasteiger partial charge in [-0.3, -0.25) is 9.59 Å². The average Bonchev–Trinajstić information content (AvgIpc) is 2.66. The molecule has 4 nitrogen and oxygen atoms in total. The molecule has 1 aliphatic carbocycles. The predicted molar refractivity (Wildman–Crippen MR) is 96.1 cm³/mol. The summed E-state index contributed by atoms with van der Waals surface area (Å²) in [4.78, 5) is 25.6. The zero-order valence-corrected chi connectivity index (χ0v) is 14.8. The van der Waals surface area contributed by atoms with Crippen LogP contribution in [0.2, 0.25) is 0 Å². The van der Waals surface area contributed by atoms with Crippen LogP contribution < -0.4 is 0 Å². The summed E-state index contributed by atoms with van der Waals surface area (Å²) in [6.07, 6.45) is 2.28. The first-order chi connectivity index (χ1) is 13.0. The van der Waals surface area contributed by atoms with Crippen molar-refractivity contribution in [2.24, 2.45) is 0 Å². The van der Waals surface area contributed by atoms with Gasteiger partial charge in [0.2, 0.25) is 5.91 Å². The maximum Gasteiger partial charge on any atom is 0.305 e. The Kier molecular flexibility index (Phi) is 5.84. The zero-order chi connectivity index (χ0) is 19.4. The van der Waals surface area contributed by atoms with Gasteiger partial charge in [-0.25, -0.2) is 8.78 Å². The second-order valence-electron chi connectivity index (χ2n) is 6.80. The van der Waals surface area contributed by atoms with Crippen LogP contribution in [0.25, 0.3) is 0 Å². The quantitative estimate of drug-likeness (QED) is 0.836. The number of carboxylic acid groups (broad SMARTS) is 1. The van der Waals surface area contributed by atoms with Crippen LogP contribution >= 0.6 is 0 Å².